The van der Waals surface area contributed by atoms with Crippen LogP contribution in [0.4, 0.5) is 0 Å². The van der Waals surface area contributed by atoms with Gasteiger partial charge in [0.2, 0.25) is 0 Å². The van der Waals surface area contributed by atoms with Gasteiger partial charge in [-0.25, -0.2) is 0 Å². The van der Waals surface area contributed by atoms with Crippen molar-refractivity contribution in [3.63, 3.8) is 0 Å². The van der Waals surface area contributed by atoms with E-state index in [1.807, 2.05) is 12.1 Å². The van der Waals surface area contributed by atoms with Crippen molar-refractivity contribution in [2.24, 2.45) is 0 Å². The lowest BCUT2D eigenvalue weighted by Gasteiger charge is -2.24. The van der Waals surface area contributed by atoms with Gasteiger partial charge in [-0.1, -0.05) is 30.3 Å². The number of rotatable bonds is 4. The predicted octanol–water partition coefficient (Wildman–Crippen LogP) is 6.17. The molecule has 2 nitrogen and oxygen atoms in total. The maximum Gasteiger partial charge on any atom is 0.165 e. The summed E-state index contributed by atoms with van der Waals surface area (Å²) < 4.78 is 12.8. The van der Waals surface area contributed by atoms with Gasteiger partial charge in [-0.05, 0) is 91.4 Å². The lowest BCUT2D eigenvalue weighted by Crippen LogP contribution is -2.17. The molecule has 2 atom stereocenters. The normalized spacial score (nSPS) is 18.0. The molecule has 0 heterocycles. The van der Waals surface area contributed by atoms with E-state index in [4.69, 9.17) is 9.47 Å². The highest BCUT2D eigenvalue weighted by Crippen LogP contribution is 2.43. The molecule has 0 aromatic heterocycles. The SMILES string of the molecule is Cc1ccc(OC2c3cccc(c3)C2Oc2ccc(C)c(C)c2)cc1C. The van der Waals surface area contributed by atoms with Crippen LogP contribution in [0.1, 0.15) is 45.6 Å². The molecule has 2 unspecified atom stereocenters. The molecule has 3 aromatic rings. The average Bonchev–Trinajstić information content (AvgIpc) is 2.85. The molecule has 2 heteroatoms. The quantitative estimate of drug-likeness (QED) is 0.563. The van der Waals surface area contributed by atoms with Crippen LogP contribution in [0.3, 0.4) is 0 Å². The van der Waals surface area contributed by atoms with E-state index in [9.17, 15) is 0 Å². The Labute approximate surface area is 155 Å². The van der Waals surface area contributed by atoms with Crippen LogP contribution in [-0.4, -0.2) is 0 Å². The summed E-state index contributed by atoms with van der Waals surface area (Å²) in [5.41, 5.74) is 7.33. The molecular formula is C24H24O2. The van der Waals surface area contributed by atoms with Gasteiger partial charge in [0.1, 0.15) is 11.5 Å². The molecule has 0 amide bonds. The summed E-state index contributed by atoms with van der Waals surface area (Å²) in [6.07, 6.45) is -0.271. The fourth-order valence-corrected chi connectivity index (χ4v) is 3.39. The zero-order valence-electron chi connectivity index (χ0n) is 15.7. The zero-order valence-corrected chi connectivity index (χ0v) is 15.7. The largest absolute Gasteiger partial charge is 0.481 e. The highest BCUT2D eigenvalue weighted by Gasteiger charge is 2.34. The van der Waals surface area contributed by atoms with Crippen molar-refractivity contribution in [1.29, 1.82) is 0 Å². The summed E-state index contributed by atoms with van der Waals surface area (Å²) in [7, 11) is 0. The predicted molar refractivity (Wildman–Crippen MR) is 105 cm³/mol. The highest BCUT2D eigenvalue weighted by molar-refractivity contribution is 5.41. The van der Waals surface area contributed by atoms with Crippen molar-refractivity contribution >= 4 is 0 Å². The van der Waals surface area contributed by atoms with Gasteiger partial charge in [0.05, 0.1) is 0 Å². The van der Waals surface area contributed by atoms with E-state index in [-0.39, 0.29) is 12.2 Å². The molecule has 0 saturated carbocycles. The second kappa shape index (κ2) is 6.53. The molecule has 0 radical (unpaired) electrons. The smallest absolute Gasteiger partial charge is 0.165 e. The Morgan fingerprint density at radius 3 is 1.42 bits per heavy atom. The molecule has 0 fully saturated rings. The summed E-state index contributed by atoms with van der Waals surface area (Å²) in [4.78, 5) is 0. The first-order valence-electron chi connectivity index (χ1n) is 9.09. The fraction of sp³-hybridized carbons (Fsp3) is 0.250. The van der Waals surface area contributed by atoms with E-state index in [0.29, 0.717) is 0 Å². The Balaban J connectivity index is 1.62. The Morgan fingerprint density at radius 2 is 1.00 bits per heavy atom. The standard InChI is InChI=1S/C24H24O2/c1-15-8-10-21(12-17(15)3)25-23-19-6-5-7-20(14-19)24(23)26-22-11-9-16(2)18(4)13-22/h5-14,23-24H,1-4H3. The van der Waals surface area contributed by atoms with Crippen LogP contribution in [0.15, 0.2) is 60.7 Å². The van der Waals surface area contributed by atoms with Crippen LogP contribution in [0.2, 0.25) is 0 Å². The number of hydrogen-bond acceptors (Lipinski definition) is 2. The van der Waals surface area contributed by atoms with E-state index in [2.05, 4.69) is 76.2 Å². The van der Waals surface area contributed by atoms with E-state index >= 15 is 0 Å². The molecule has 0 spiro atoms. The van der Waals surface area contributed by atoms with E-state index in [1.165, 1.54) is 22.3 Å². The average molecular weight is 344 g/mol. The second-order valence-corrected chi connectivity index (χ2v) is 7.24. The van der Waals surface area contributed by atoms with Crippen LogP contribution >= 0.6 is 0 Å². The van der Waals surface area contributed by atoms with E-state index in [1.54, 1.807) is 0 Å². The summed E-state index contributed by atoms with van der Waals surface area (Å²) >= 11 is 0. The first kappa shape index (κ1) is 16.7. The van der Waals surface area contributed by atoms with Gasteiger partial charge >= 0.3 is 0 Å². The molecule has 4 rings (SSSR count). The van der Waals surface area contributed by atoms with Crippen LogP contribution < -0.4 is 9.47 Å². The Morgan fingerprint density at radius 1 is 0.538 bits per heavy atom. The molecule has 3 aromatic carbocycles. The molecule has 1 aliphatic rings. The van der Waals surface area contributed by atoms with Crippen LogP contribution in [0.25, 0.3) is 0 Å². The van der Waals surface area contributed by atoms with Crippen LogP contribution in [0.5, 0.6) is 11.5 Å². The fourth-order valence-electron chi connectivity index (χ4n) is 3.39. The maximum atomic E-state index is 6.38. The van der Waals surface area contributed by atoms with Crippen molar-refractivity contribution in [3.8, 4) is 11.5 Å². The van der Waals surface area contributed by atoms with Gasteiger partial charge in [0.15, 0.2) is 12.2 Å². The summed E-state index contributed by atoms with van der Waals surface area (Å²) in [6.45, 7) is 8.45. The Bertz CT molecular complexity index is 883. The molecule has 0 N–H and O–H groups in total. The van der Waals surface area contributed by atoms with Gasteiger partial charge in [0, 0.05) is 0 Å². The number of aryl methyl sites for hydroxylation is 4. The van der Waals surface area contributed by atoms with Crippen molar-refractivity contribution in [2.75, 3.05) is 0 Å². The van der Waals surface area contributed by atoms with Crippen molar-refractivity contribution in [1.82, 2.24) is 0 Å². The number of hydrogen-bond donors (Lipinski definition) is 0. The minimum absolute atomic E-state index is 0.135. The third-order valence-corrected chi connectivity index (χ3v) is 5.33. The first-order valence-corrected chi connectivity index (χ1v) is 9.09. The van der Waals surface area contributed by atoms with Crippen molar-refractivity contribution in [3.05, 3.63) is 94.0 Å². The third kappa shape index (κ3) is 3.08. The Hall–Kier alpha value is -2.74. The number of fused-ring (bicyclic) bond motifs is 2. The van der Waals surface area contributed by atoms with Crippen molar-refractivity contribution < 1.29 is 9.47 Å². The Kier molecular flexibility index (Phi) is 4.20. The first-order chi connectivity index (χ1) is 12.5. The third-order valence-electron chi connectivity index (χ3n) is 5.33. The molecule has 2 bridgehead atoms. The summed E-state index contributed by atoms with van der Waals surface area (Å²) in [5.74, 6) is 1.77. The van der Waals surface area contributed by atoms with E-state index in [0.717, 1.165) is 22.6 Å². The highest BCUT2D eigenvalue weighted by atomic mass is 16.5. The molecule has 132 valence electrons. The van der Waals surface area contributed by atoms with Crippen LogP contribution in [-0.2, 0) is 0 Å². The van der Waals surface area contributed by atoms with Crippen LogP contribution in [0, 0.1) is 27.7 Å². The molecule has 1 aliphatic carbocycles. The van der Waals surface area contributed by atoms with Gasteiger partial charge < -0.3 is 9.47 Å². The maximum absolute atomic E-state index is 6.38. The summed E-state index contributed by atoms with van der Waals surface area (Å²) in [5, 5.41) is 0. The number of ether oxygens (including phenoxy) is 2. The monoisotopic (exact) mass is 344 g/mol. The molecule has 0 aliphatic heterocycles. The minimum atomic E-state index is -0.135. The topological polar surface area (TPSA) is 18.5 Å². The molecule has 0 saturated heterocycles. The van der Waals surface area contributed by atoms with Crippen molar-refractivity contribution in [2.45, 2.75) is 39.9 Å². The van der Waals surface area contributed by atoms with Gasteiger partial charge in [-0.3, -0.25) is 0 Å². The van der Waals surface area contributed by atoms with Gasteiger partial charge in [-0.15, -0.1) is 0 Å². The second-order valence-electron chi connectivity index (χ2n) is 7.24. The zero-order chi connectivity index (χ0) is 18.3. The number of benzene rings is 3. The lowest BCUT2D eigenvalue weighted by molar-refractivity contribution is 0.0610. The minimum Gasteiger partial charge on any atom is -0.481 e. The summed E-state index contributed by atoms with van der Waals surface area (Å²) in [6, 6.07) is 21.0. The molecule has 26 heavy (non-hydrogen) atoms. The van der Waals surface area contributed by atoms with Gasteiger partial charge in [0.25, 0.3) is 0 Å². The van der Waals surface area contributed by atoms with Gasteiger partial charge in [-0.2, -0.15) is 0 Å². The van der Waals surface area contributed by atoms with E-state index < -0.39 is 0 Å². The lowest BCUT2D eigenvalue weighted by atomic mass is 10.1. The molecular weight excluding hydrogens is 320 g/mol.